The van der Waals surface area contributed by atoms with Gasteiger partial charge in [-0.2, -0.15) is 18.2 Å². The number of ether oxygens (including phenoxy) is 1. The van der Waals surface area contributed by atoms with Crippen LogP contribution in [0.3, 0.4) is 0 Å². The van der Waals surface area contributed by atoms with Crippen molar-refractivity contribution in [1.29, 1.82) is 0 Å². The topological polar surface area (TPSA) is 47.0 Å². The van der Waals surface area contributed by atoms with Gasteiger partial charge < -0.3 is 10.1 Å². The van der Waals surface area contributed by atoms with Gasteiger partial charge in [-0.05, 0) is 25.8 Å². The van der Waals surface area contributed by atoms with E-state index in [-0.39, 0.29) is 5.92 Å². The molecule has 1 N–H and O–H groups in total. The molecule has 1 aromatic rings. The Labute approximate surface area is 127 Å². The summed E-state index contributed by atoms with van der Waals surface area (Å²) in [5.74, 6) is 1.64. The maximum Gasteiger partial charge on any atom is 0.392 e. The van der Waals surface area contributed by atoms with E-state index in [1.54, 1.807) is 0 Å². The first-order chi connectivity index (χ1) is 10.4. The Morgan fingerprint density at radius 3 is 2.73 bits per heavy atom. The summed E-state index contributed by atoms with van der Waals surface area (Å²) >= 11 is 0. The zero-order valence-corrected chi connectivity index (χ0v) is 12.5. The highest BCUT2D eigenvalue weighted by Gasteiger charge is 2.31. The molecule has 0 saturated heterocycles. The molecule has 1 fully saturated rings. The SMILES string of the molecule is CC1CNCCc2c(OCCC(F)(F)F)nc(C3CC3)nc21. The van der Waals surface area contributed by atoms with E-state index in [0.29, 0.717) is 18.2 Å². The molecule has 1 aliphatic heterocycles. The summed E-state index contributed by atoms with van der Waals surface area (Å²) in [6, 6.07) is 0. The number of hydrogen-bond donors (Lipinski definition) is 1. The molecule has 1 unspecified atom stereocenters. The molecule has 0 bridgehead atoms. The van der Waals surface area contributed by atoms with Crippen molar-refractivity contribution in [1.82, 2.24) is 15.3 Å². The molecule has 1 aliphatic carbocycles. The van der Waals surface area contributed by atoms with Gasteiger partial charge in [0, 0.05) is 23.9 Å². The van der Waals surface area contributed by atoms with E-state index >= 15 is 0 Å². The molecular weight excluding hydrogens is 295 g/mol. The number of fused-ring (bicyclic) bond motifs is 1. The van der Waals surface area contributed by atoms with Gasteiger partial charge in [0.1, 0.15) is 5.82 Å². The zero-order chi connectivity index (χ0) is 15.7. The number of hydrogen-bond acceptors (Lipinski definition) is 4. The summed E-state index contributed by atoms with van der Waals surface area (Å²) in [7, 11) is 0. The fourth-order valence-corrected chi connectivity index (χ4v) is 2.68. The summed E-state index contributed by atoms with van der Waals surface area (Å²) in [5, 5.41) is 3.31. The quantitative estimate of drug-likeness (QED) is 0.928. The second-order valence-electron chi connectivity index (χ2n) is 6.09. The number of nitrogens with zero attached hydrogens (tertiary/aromatic N) is 2. The molecule has 0 spiro atoms. The molecule has 4 nitrogen and oxygen atoms in total. The van der Waals surface area contributed by atoms with E-state index in [4.69, 9.17) is 4.74 Å². The number of rotatable bonds is 4. The lowest BCUT2D eigenvalue weighted by Gasteiger charge is -2.17. The first kappa shape index (κ1) is 15.5. The van der Waals surface area contributed by atoms with Crippen LogP contribution >= 0.6 is 0 Å². The van der Waals surface area contributed by atoms with Crippen LogP contribution in [-0.2, 0) is 6.42 Å². The maximum absolute atomic E-state index is 12.3. The van der Waals surface area contributed by atoms with Gasteiger partial charge in [0.2, 0.25) is 5.88 Å². The van der Waals surface area contributed by atoms with Crippen molar-refractivity contribution in [3.8, 4) is 5.88 Å². The van der Waals surface area contributed by atoms with E-state index in [2.05, 4.69) is 22.2 Å². The lowest BCUT2D eigenvalue weighted by Crippen LogP contribution is -2.18. The third kappa shape index (κ3) is 3.69. The largest absolute Gasteiger partial charge is 0.477 e. The Morgan fingerprint density at radius 2 is 2.05 bits per heavy atom. The normalized spacial score (nSPS) is 22.1. The molecular formula is C15H20F3N3O. The fourth-order valence-electron chi connectivity index (χ4n) is 2.68. The third-order valence-corrected chi connectivity index (χ3v) is 4.05. The molecule has 122 valence electrons. The standard InChI is InChI=1S/C15H20F3N3O/c1-9-8-19-6-4-11-12(9)20-13(10-2-3-10)21-14(11)22-7-5-15(16,17)18/h9-10,19H,2-8H2,1H3. The first-order valence-electron chi connectivity index (χ1n) is 7.75. The lowest BCUT2D eigenvalue weighted by molar-refractivity contribution is -0.139. The minimum atomic E-state index is -4.21. The van der Waals surface area contributed by atoms with Gasteiger partial charge in [0.25, 0.3) is 0 Å². The van der Waals surface area contributed by atoms with Gasteiger partial charge in [0.05, 0.1) is 18.7 Å². The molecule has 0 aromatic carbocycles. The van der Waals surface area contributed by atoms with Crippen molar-refractivity contribution in [2.24, 2.45) is 0 Å². The summed E-state index contributed by atoms with van der Waals surface area (Å²) < 4.78 is 42.4. The second kappa shape index (κ2) is 6.02. The zero-order valence-electron chi connectivity index (χ0n) is 12.5. The Bertz CT molecular complexity index is 544. The van der Waals surface area contributed by atoms with Gasteiger partial charge in [-0.15, -0.1) is 0 Å². The lowest BCUT2D eigenvalue weighted by atomic mass is 10.0. The Balaban J connectivity index is 1.86. The highest BCUT2D eigenvalue weighted by Crippen LogP contribution is 2.40. The summed E-state index contributed by atoms with van der Waals surface area (Å²) in [4.78, 5) is 9.10. The molecule has 3 rings (SSSR count). The van der Waals surface area contributed by atoms with Crippen LogP contribution in [0.25, 0.3) is 0 Å². The monoisotopic (exact) mass is 315 g/mol. The molecule has 1 atom stereocenters. The average Bonchev–Trinajstić information content (AvgIpc) is 3.26. The molecule has 2 heterocycles. The number of halogens is 3. The molecule has 1 saturated carbocycles. The van der Waals surface area contributed by atoms with Crippen molar-refractivity contribution in [3.63, 3.8) is 0 Å². The van der Waals surface area contributed by atoms with Gasteiger partial charge >= 0.3 is 6.18 Å². The van der Waals surface area contributed by atoms with Crippen molar-refractivity contribution < 1.29 is 17.9 Å². The van der Waals surface area contributed by atoms with Crippen molar-refractivity contribution in [2.45, 2.75) is 50.6 Å². The fraction of sp³-hybridized carbons (Fsp3) is 0.733. The molecule has 22 heavy (non-hydrogen) atoms. The van der Waals surface area contributed by atoms with Crippen LogP contribution in [0.5, 0.6) is 5.88 Å². The van der Waals surface area contributed by atoms with Gasteiger partial charge in [-0.3, -0.25) is 0 Å². The van der Waals surface area contributed by atoms with Crippen LogP contribution in [-0.4, -0.2) is 35.8 Å². The number of nitrogens with one attached hydrogen (secondary N) is 1. The van der Waals surface area contributed by atoms with E-state index in [1.165, 1.54) is 0 Å². The number of alkyl halides is 3. The van der Waals surface area contributed by atoms with Crippen LogP contribution in [0, 0.1) is 0 Å². The van der Waals surface area contributed by atoms with Crippen LogP contribution < -0.4 is 10.1 Å². The maximum atomic E-state index is 12.3. The highest BCUT2D eigenvalue weighted by atomic mass is 19.4. The average molecular weight is 315 g/mol. The van der Waals surface area contributed by atoms with Crippen LogP contribution in [0.1, 0.15) is 55.1 Å². The van der Waals surface area contributed by atoms with E-state index in [0.717, 1.165) is 43.0 Å². The van der Waals surface area contributed by atoms with Crippen molar-refractivity contribution in [3.05, 3.63) is 17.1 Å². The Hall–Kier alpha value is -1.37. The number of aromatic nitrogens is 2. The molecule has 1 aromatic heterocycles. The molecule has 0 radical (unpaired) electrons. The molecule has 0 amide bonds. The minimum absolute atomic E-state index is 0.211. The third-order valence-electron chi connectivity index (χ3n) is 4.05. The van der Waals surface area contributed by atoms with Crippen LogP contribution in [0.15, 0.2) is 0 Å². The van der Waals surface area contributed by atoms with Crippen LogP contribution in [0.4, 0.5) is 13.2 Å². The first-order valence-corrected chi connectivity index (χ1v) is 7.75. The highest BCUT2D eigenvalue weighted by molar-refractivity contribution is 5.35. The van der Waals surface area contributed by atoms with Crippen molar-refractivity contribution >= 4 is 0 Å². The predicted molar refractivity (Wildman–Crippen MR) is 75.2 cm³/mol. The summed E-state index contributed by atoms with van der Waals surface area (Å²) in [5.41, 5.74) is 1.80. The molecule has 7 heteroatoms. The summed E-state index contributed by atoms with van der Waals surface area (Å²) in [6.45, 7) is 3.26. The second-order valence-corrected chi connectivity index (χ2v) is 6.09. The van der Waals surface area contributed by atoms with E-state index in [1.807, 2.05) is 0 Å². The van der Waals surface area contributed by atoms with Gasteiger partial charge in [-0.25, -0.2) is 4.98 Å². The van der Waals surface area contributed by atoms with Gasteiger partial charge in [-0.1, -0.05) is 6.92 Å². The predicted octanol–water partition coefficient (Wildman–Crippen LogP) is 2.93. The van der Waals surface area contributed by atoms with Gasteiger partial charge in [0.15, 0.2) is 0 Å². The van der Waals surface area contributed by atoms with E-state index in [9.17, 15) is 13.2 Å². The smallest absolute Gasteiger partial charge is 0.392 e. The van der Waals surface area contributed by atoms with Crippen molar-refractivity contribution in [2.75, 3.05) is 19.7 Å². The van der Waals surface area contributed by atoms with Crippen LogP contribution in [0.2, 0.25) is 0 Å². The Kier molecular flexibility index (Phi) is 4.25. The summed E-state index contributed by atoms with van der Waals surface area (Å²) in [6.07, 6.45) is -2.39. The minimum Gasteiger partial charge on any atom is -0.477 e. The van der Waals surface area contributed by atoms with E-state index < -0.39 is 19.2 Å². The molecule has 2 aliphatic rings. The Morgan fingerprint density at radius 1 is 1.27 bits per heavy atom.